The van der Waals surface area contributed by atoms with Crippen LogP contribution in [0.25, 0.3) is 6.08 Å². The van der Waals surface area contributed by atoms with Gasteiger partial charge in [0.15, 0.2) is 11.5 Å². The zero-order chi connectivity index (χ0) is 20.3. The highest BCUT2D eigenvalue weighted by Crippen LogP contribution is 2.34. The molecule has 8 nitrogen and oxygen atoms in total. The number of carbonyl (C=O) groups excluding carboxylic acids is 1. The van der Waals surface area contributed by atoms with E-state index in [1.807, 2.05) is 0 Å². The van der Waals surface area contributed by atoms with Gasteiger partial charge in [0.2, 0.25) is 0 Å². The van der Waals surface area contributed by atoms with Gasteiger partial charge in [0.25, 0.3) is 11.6 Å². The number of para-hydroxylation sites is 2. The second-order valence-electron chi connectivity index (χ2n) is 5.65. The van der Waals surface area contributed by atoms with Crippen molar-refractivity contribution in [2.75, 3.05) is 19.1 Å². The molecule has 2 N–H and O–H groups in total. The van der Waals surface area contributed by atoms with Gasteiger partial charge >= 0.3 is 0 Å². The molecule has 1 aliphatic heterocycles. The minimum Gasteiger partial charge on any atom is -0.504 e. The molecule has 0 aliphatic carbocycles. The lowest BCUT2D eigenvalue weighted by Gasteiger charge is -2.16. The van der Waals surface area contributed by atoms with Crippen molar-refractivity contribution in [3.05, 3.63) is 63.0 Å². The van der Waals surface area contributed by atoms with Crippen LogP contribution in [0.15, 0.2) is 47.4 Å². The van der Waals surface area contributed by atoms with Gasteiger partial charge < -0.3 is 15.2 Å². The summed E-state index contributed by atoms with van der Waals surface area (Å²) >= 11 is 6.40. The summed E-state index contributed by atoms with van der Waals surface area (Å²) in [5.74, 6) is -0.0173. The molecule has 0 bridgehead atoms. The normalized spacial score (nSPS) is 15.2. The third-order valence-corrected chi connectivity index (χ3v) is 5.28. The van der Waals surface area contributed by atoms with Crippen molar-refractivity contribution in [3.8, 4) is 11.5 Å². The predicted molar refractivity (Wildman–Crippen MR) is 111 cm³/mol. The summed E-state index contributed by atoms with van der Waals surface area (Å²) in [5, 5.41) is 23.7. The van der Waals surface area contributed by atoms with Crippen molar-refractivity contribution in [3.63, 3.8) is 0 Å². The standard InChI is InChI=1S/C18H15N3O5S2/c1-26-15-8-11(6-7-14(15)22)9-16-17(23)20(18(27)28-16)10-19-12-4-2-3-5-13(12)21(24)25/h2-9,19,22H,10H2,1H3/b16-9+. The van der Waals surface area contributed by atoms with Crippen LogP contribution in [0.2, 0.25) is 0 Å². The highest BCUT2D eigenvalue weighted by molar-refractivity contribution is 8.26. The lowest BCUT2D eigenvalue weighted by Crippen LogP contribution is -2.33. The SMILES string of the molecule is COc1cc(/C=C2/SC(=S)N(CNc3ccccc3[N+](=O)[O-])C2=O)ccc1O. The number of benzene rings is 2. The molecule has 0 radical (unpaired) electrons. The molecule has 28 heavy (non-hydrogen) atoms. The number of rotatable bonds is 6. The van der Waals surface area contributed by atoms with Crippen LogP contribution < -0.4 is 10.1 Å². The monoisotopic (exact) mass is 417 g/mol. The summed E-state index contributed by atoms with van der Waals surface area (Å²) in [6.45, 7) is 0.00571. The number of hydrogen-bond donors (Lipinski definition) is 2. The molecule has 0 saturated carbocycles. The summed E-state index contributed by atoms with van der Waals surface area (Å²) in [5.41, 5.74) is 0.885. The maximum Gasteiger partial charge on any atom is 0.292 e. The summed E-state index contributed by atoms with van der Waals surface area (Å²) in [6.07, 6.45) is 1.65. The van der Waals surface area contributed by atoms with E-state index in [-0.39, 0.29) is 24.0 Å². The number of thiocarbonyl (C=S) groups is 1. The molecule has 0 aromatic heterocycles. The minimum atomic E-state index is -0.495. The first kappa shape index (κ1) is 19.6. The quantitative estimate of drug-likeness (QED) is 0.318. The number of thioether (sulfide) groups is 1. The number of nitrogens with one attached hydrogen (secondary N) is 1. The molecule has 1 fully saturated rings. The second kappa shape index (κ2) is 8.28. The fourth-order valence-corrected chi connectivity index (χ4v) is 3.77. The lowest BCUT2D eigenvalue weighted by molar-refractivity contribution is -0.384. The molecule has 10 heteroatoms. The van der Waals surface area contributed by atoms with Crippen LogP contribution in [0.4, 0.5) is 11.4 Å². The number of phenols is 1. The van der Waals surface area contributed by atoms with E-state index in [0.29, 0.717) is 26.2 Å². The summed E-state index contributed by atoms with van der Waals surface area (Å²) in [4.78, 5) is 25.0. The second-order valence-corrected chi connectivity index (χ2v) is 7.33. The van der Waals surface area contributed by atoms with E-state index >= 15 is 0 Å². The number of nitro groups is 1. The Labute approximate surface area is 169 Å². The first-order valence-electron chi connectivity index (χ1n) is 8.00. The summed E-state index contributed by atoms with van der Waals surface area (Å²) in [6, 6.07) is 10.9. The Morgan fingerprint density at radius 3 is 2.82 bits per heavy atom. The van der Waals surface area contributed by atoms with Gasteiger partial charge in [0, 0.05) is 6.07 Å². The van der Waals surface area contributed by atoms with Crippen LogP contribution >= 0.6 is 24.0 Å². The first-order chi connectivity index (χ1) is 13.4. The minimum absolute atomic E-state index is 0.000791. The Balaban J connectivity index is 1.76. The van der Waals surface area contributed by atoms with E-state index in [2.05, 4.69) is 5.32 Å². The van der Waals surface area contributed by atoms with Crippen molar-refractivity contribution in [1.82, 2.24) is 4.90 Å². The summed E-state index contributed by atoms with van der Waals surface area (Å²) < 4.78 is 5.41. The Bertz CT molecular complexity index is 993. The highest BCUT2D eigenvalue weighted by atomic mass is 32.2. The number of amides is 1. The van der Waals surface area contributed by atoms with Crippen LogP contribution in [-0.4, -0.2) is 38.9 Å². The molecule has 1 saturated heterocycles. The van der Waals surface area contributed by atoms with Gasteiger partial charge in [0.1, 0.15) is 10.0 Å². The fraction of sp³-hybridized carbons (Fsp3) is 0.111. The molecule has 144 valence electrons. The Hall–Kier alpha value is -3.11. The van der Waals surface area contributed by atoms with Gasteiger partial charge in [0.05, 0.1) is 23.6 Å². The third-order valence-electron chi connectivity index (χ3n) is 3.90. The largest absolute Gasteiger partial charge is 0.504 e. The molecule has 1 aliphatic rings. The van der Waals surface area contributed by atoms with Gasteiger partial charge in [-0.15, -0.1) is 0 Å². The average molecular weight is 417 g/mol. The number of ether oxygens (including phenoxy) is 1. The zero-order valence-electron chi connectivity index (χ0n) is 14.6. The summed E-state index contributed by atoms with van der Waals surface area (Å²) in [7, 11) is 1.44. The number of nitrogens with zero attached hydrogens (tertiary/aromatic N) is 2. The van der Waals surface area contributed by atoms with E-state index in [1.165, 1.54) is 24.1 Å². The van der Waals surface area contributed by atoms with E-state index in [1.54, 1.807) is 36.4 Å². The van der Waals surface area contributed by atoms with Crippen molar-refractivity contribution in [2.45, 2.75) is 0 Å². The smallest absolute Gasteiger partial charge is 0.292 e. The van der Waals surface area contributed by atoms with Crippen LogP contribution in [0.5, 0.6) is 11.5 Å². The maximum atomic E-state index is 12.7. The molecule has 2 aromatic rings. The van der Waals surface area contributed by atoms with Crippen molar-refractivity contribution in [1.29, 1.82) is 0 Å². The Morgan fingerprint density at radius 2 is 2.11 bits per heavy atom. The van der Waals surface area contributed by atoms with Gasteiger partial charge in [-0.25, -0.2) is 0 Å². The van der Waals surface area contributed by atoms with E-state index < -0.39 is 4.92 Å². The van der Waals surface area contributed by atoms with E-state index in [4.69, 9.17) is 17.0 Å². The number of phenolic OH excluding ortho intramolecular Hbond substituents is 1. The van der Waals surface area contributed by atoms with Crippen molar-refractivity contribution in [2.24, 2.45) is 0 Å². The number of anilines is 1. The van der Waals surface area contributed by atoms with Crippen LogP contribution in [0.3, 0.4) is 0 Å². The van der Waals surface area contributed by atoms with Gasteiger partial charge in [-0.2, -0.15) is 0 Å². The molecule has 0 atom stereocenters. The number of methoxy groups -OCH3 is 1. The number of aromatic hydroxyl groups is 1. The Morgan fingerprint density at radius 1 is 1.36 bits per heavy atom. The predicted octanol–water partition coefficient (Wildman–Crippen LogP) is 3.58. The average Bonchev–Trinajstić information content (AvgIpc) is 2.94. The topological polar surface area (TPSA) is 105 Å². The molecule has 2 aromatic carbocycles. The third kappa shape index (κ3) is 4.07. The number of hydrogen-bond acceptors (Lipinski definition) is 8. The molecule has 3 rings (SSSR count). The van der Waals surface area contributed by atoms with Crippen LogP contribution in [0, 0.1) is 10.1 Å². The number of carbonyl (C=O) groups is 1. The van der Waals surface area contributed by atoms with Gasteiger partial charge in [-0.05, 0) is 29.8 Å². The molecule has 1 heterocycles. The van der Waals surface area contributed by atoms with Crippen LogP contribution in [0.1, 0.15) is 5.56 Å². The molecular weight excluding hydrogens is 402 g/mol. The first-order valence-corrected chi connectivity index (χ1v) is 9.23. The van der Waals surface area contributed by atoms with E-state index in [9.17, 15) is 20.0 Å². The number of nitro benzene ring substituents is 1. The highest BCUT2D eigenvalue weighted by Gasteiger charge is 2.32. The zero-order valence-corrected chi connectivity index (χ0v) is 16.3. The molecule has 0 unspecified atom stereocenters. The molecular formula is C18H15N3O5S2. The van der Waals surface area contributed by atoms with Crippen LogP contribution in [-0.2, 0) is 4.79 Å². The molecule has 0 spiro atoms. The van der Waals surface area contributed by atoms with E-state index in [0.717, 1.165) is 11.8 Å². The molecule has 1 amide bonds. The maximum absolute atomic E-state index is 12.7. The fourth-order valence-electron chi connectivity index (χ4n) is 2.52. The lowest BCUT2D eigenvalue weighted by atomic mass is 10.2. The van der Waals surface area contributed by atoms with Gasteiger partial charge in [-0.3, -0.25) is 19.8 Å². The van der Waals surface area contributed by atoms with Crippen molar-refractivity contribution >= 4 is 51.7 Å². The van der Waals surface area contributed by atoms with Crippen molar-refractivity contribution < 1.29 is 19.6 Å². The van der Waals surface area contributed by atoms with Gasteiger partial charge in [-0.1, -0.05) is 42.2 Å². The Kier molecular flexibility index (Phi) is 5.81.